The van der Waals surface area contributed by atoms with Crippen molar-refractivity contribution in [3.05, 3.63) is 0 Å². The molecule has 0 unspecified atom stereocenters. The molecule has 0 heterocycles. The van der Waals surface area contributed by atoms with E-state index in [1.807, 2.05) is 0 Å². The minimum atomic E-state index is 0.421. The maximum absolute atomic E-state index is 6.14. The number of likely N-dealkylation sites (N-methyl/N-ethyl adjacent to an activating group) is 1. The van der Waals surface area contributed by atoms with Crippen molar-refractivity contribution in [2.45, 2.75) is 46.1 Å². The molecule has 2 bridgehead atoms. The molecule has 94 valence electrons. The standard InChI is InChI=1S/C14H27NO/c1-13(2)11-6-7-14(13,3)12(10-11)16-9-8-15(4)5/h11-12H,6-10H2,1-5H3/t11-,12+,14-/m1/s1. The first-order valence-corrected chi connectivity index (χ1v) is 6.64. The van der Waals surface area contributed by atoms with Gasteiger partial charge in [-0.1, -0.05) is 20.8 Å². The summed E-state index contributed by atoms with van der Waals surface area (Å²) in [6.07, 6.45) is 4.56. The first-order chi connectivity index (χ1) is 7.38. The molecule has 0 spiro atoms. The Morgan fingerprint density at radius 1 is 1.25 bits per heavy atom. The molecule has 2 fully saturated rings. The minimum Gasteiger partial charge on any atom is -0.376 e. The van der Waals surface area contributed by atoms with E-state index in [9.17, 15) is 0 Å². The average molecular weight is 225 g/mol. The van der Waals surface area contributed by atoms with E-state index in [0.29, 0.717) is 16.9 Å². The van der Waals surface area contributed by atoms with Crippen LogP contribution in [-0.4, -0.2) is 38.3 Å². The number of nitrogens with zero attached hydrogens (tertiary/aromatic N) is 1. The summed E-state index contributed by atoms with van der Waals surface area (Å²) in [6, 6.07) is 0. The molecule has 2 saturated carbocycles. The molecule has 0 saturated heterocycles. The zero-order chi connectivity index (χ0) is 12.0. The summed E-state index contributed by atoms with van der Waals surface area (Å²) in [4.78, 5) is 2.20. The third kappa shape index (κ3) is 1.70. The summed E-state index contributed by atoms with van der Waals surface area (Å²) in [5.74, 6) is 0.891. The van der Waals surface area contributed by atoms with Crippen LogP contribution in [0.3, 0.4) is 0 Å². The highest BCUT2D eigenvalue weighted by Crippen LogP contribution is 2.66. The monoisotopic (exact) mass is 225 g/mol. The summed E-state index contributed by atoms with van der Waals surface area (Å²) in [6.45, 7) is 9.26. The molecule has 2 heteroatoms. The molecule has 16 heavy (non-hydrogen) atoms. The van der Waals surface area contributed by atoms with Crippen molar-refractivity contribution in [2.75, 3.05) is 27.2 Å². The van der Waals surface area contributed by atoms with Crippen LogP contribution in [0.25, 0.3) is 0 Å². The molecular weight excluding hydrogens is 198 g/mol. The Balaban J connectivity index is 1.94. The Kier molecular flexibility index (Phi) is 3.09. The molecule has 2 aliphatic rings. The van der Waals surface area contributed by atoms with Gasteiger partial charge in [0, 0.05) is 6.54 Å². The summed E-state index contributed by atoms with van der Waals surface area (Å²) < 4.78 is 6.14. The van der Waals surface area contributed by atoms with Crippen LogP contribution in [0, 0.1) is 16.7 Å². The van der Waals surface area contributed by atoms with Gasteiger partial charge in [-0.3, -0.25) is 0 Å². The Bertz CT molecular complexity index is 261. The van der Waals surface area contributed by atoms with Crippen molar-refractivity contribution in [2.24, 2.45) is 16.7 Å². The van der Waals surface area contributed by atoms with E-state index in [2.05, 4.69) is 39.8 Å². The average Bonchev–Trinajstić information content (AvgIpc) is 2.49. The molecule has 2 aliphatic carbocycles. The fraction of sp³-hybridized carbons (Fsp3) is 1.00. The van der Waals surface area contributed by atoms with Crippen LogP contribution in [0.15, 0.2) is 0 Å². The smallest absolute Gasteiger partial charge is 0.0637 e. The van der Waals surface area contributed by atoms with Gasteiger partial charge in [0.25, 0.3) is 0 Å². The van der Waals surface area contributed by atoms with E-state index in [-0.39, 0.29) is 0 Å². The van der Waals surface area contributed by atoms with E-state index in [1.54, 1.807) is 0 Å². The molecule has 2 rings (SSSR count). The van der Waals surface area contributed by atoms with E-state index < -0.39 is 0 Å². The number of fused-ring (bicyclic) bond motifs is 2. The quantitative estimate of drug-likeness (QED) is 0.729. The predicted octanol–water partition coefficient (Wildman–Crippen LogP) is 2.78. The maximum Gasteiger partial charge on any atom is 0.0637 e. The molecule has 3 atom stereocenters. The molecule has 0 radical (unpaired) electrons. The van der Waals surface area contributed by atoms with Gasteiger partial charge in [-0.15, -0.1) is 0 Å². The van der Waals surface area contributed by atoms with Gasteiger partial charge in [0.05, 0.1) is 12.7 Å². The SMILES string of the molecule is CN(C)CCO[C@H]1C[C@H]2CC[C@@]1(C)C2(C)C. The van der Waals surface area contributed by atoms with Crippen LogP contribution in [0.1, 0.15) is 40.0 Å². The topological polar surface area (TPSA) is 12.5 Å². The van der Waals surface area contributed by atoms with E-state index in [1.165, 1.54) is 19.3 Å². The van der Waals surface area contributed by atoms with Gasteiger partial charge in [0.1, 0.15) is 0 Å². The van der Waals surface area contributed by atoms with Gasteiger partial charge >= 0.3 is 0 Å². The van der Waals surface area contributed by atoms with Crippen LogP contribution in [0.5, 0.6) is 0 Å². The van der Waals surface area contributed by atoms with Crippen molar-refractivity contribution in [1.82, 2.24) is 4.90 Å². The van der Waals surface area contributed by atoms with Gasteiger partial charge in [0.2, 0.25) is 0 Å². The number of hydrogen-bond donors (Lipinski definition) is 0. The Labute approximate surface area is 100 Å². The van der Waals surface area contributed by atoms with Crippen molar-refractivity contribution in [3.8, 4) is 0 Å². The lowest BCUT2D eigenvalue weighted by molar-refractivity contribution is -0.0495. The molecule has 0 aliphatic heterocycles. The molecule has 0 amide bonds. The van der Waals surface area contributed by atoms with Crippen molar-refractivity contribution in [1.29, 1.82) is 0 Å². The van der Waals surface area contributed by atoms with E-state index in [4.69, 9.17) is 4.74 Å². The fourth-order valence-electron chi connectivity index (χ4n) is 3.76. The first-order valence-electron chi connectivity index (χ1n) is 6.64. The Morgan fingerprint density at radius 3 is 2.38 bits per heavy atom. The molecule has 0 aromatic rings. The number of rotatable bonds is 4. The summed E-state index contributed by atoms with van der Waals surface area (Å²) in [5.41, 5.74) is 0.903. The molecule has 0 N–H and O–H groups in total. The van der Waals surface area contributed by atoms with Crippen LogP contribution in [-0.2, 0) is 4.74 Å². The van der Waals surface area contributed by atoms with Gasteiger partial charge in [0.15, 0.2) is 0 Å². The van der Waals surface area contributed by atoms with Crippen molar-refractivity contribution in [3.63, 3.8) is 0 Å². The second-order valence-electron chi connectivity index (χ2n) is 6.77. The van der Waals surface area contributed by atoms with Crippen LogP contribution >= 0.6 is 0 Å². The minimum absolute atomic E-state index is 0.421. The van der Waals surface area contributed by atoms with Crippen LogP contribution in [0.2, 0.25) is 0 Å². The fourth-order valence-corrected chi connectivity index (χ4v) is 3.76. The van der Waals surface area contributed by atoms with E-state index in [0.717, 1.165) is 19.1 Å². The van der Waals surface area contributed by atoms with Gasteiger partial charge in [-0.25, -0.2) is 0 Å². The summed E-state index contributed by atoms with van der Waals surface area (Å²) in [5, 5.41) is 0. The molecular formula is C14H27NO. The molecule has 0 aromatic heterocycles. The first kappa shape index (κ1) is 12.4. The highest BCUT2D eigenvalue weighted by Gasteiger charge is 2.61. The van der Waals surface area contributed by atoms with Crippen LogP contribution in [0.4, 0.5) is 0 Å². The molecule has 2 nitrogen and oxygen atoms in total. The largest absolute Gasteiger partial charge is 0.376 e. The Morgan fingerprint density at radius 2 is 1.94 bits per heavy atom. The third-order valence-corrected chi connectivity index (χ3v) is 5.57. The number of ether oxygens (including phenoxy) is 1. The zero-order valence-electron chi connectivity index (χ0n) is 11.5. The summed E-state index contributed by atoms with van der Waals surface area (Å²) in [7, 11) is 4.21. The van der Waals surface area contributed by atoms with Crippen molar-refractivity contribution >= 4 is 0 Å². The van der Waals surface area contributed by atoms with Crippen LogP contribution < -0.4 is 0 Å². The predicted molar refractivity (Wildman–Crippen MR) is 67.5 cm³/mol. The lowest BCUT2D eigenvalue weighted by Crippen LogP contribution is -2.38. The normalized spacial score (nSPS) is 40.9. The zero-order valence-corrected chi connectivity index (χ0v) is 11.5. The highest BCUT2D eigenvalue weighted by atomic mass is 16.5. The van der Waals surface area contributed by atoms with Gasteiger partial charge < -0.3 is 9.64 Å². The second kappa shape index (κ2) is 3.99. The van der Waals surface area contributed by atoms with Gasteiger partial charge in [-0.2, -0.15) is 0 Å². The maximum atomic E-state index is 6.14. The number of hydrogen-bond acceptors (Lipinski definition) is 2. The lowest BCUT2D eigenvalue weighted by atomic mass is 9.70. The summed E-state index contributed by atoms with van der Waals surface area (Å²) >= 11 is 0. The Hall–Kier alpha value is -0.0800. The highest BCUT2D eigenvalue weighted by molar-refractivity contribution is 5.11. The van der Waals surface area contributed by atoms with Gasteiger partial charge in [-0.05, 0) is 50.1 Å². The van der Waals surface area contributed by atoms with Crippen molar-refractivity contribution < 1.29 is 4.74 Å². The molecule has 0 aromatic carbocycles. The lowest BCUT2D eigenvalue weighted by Gasteiger charge is -2.39. The third-order valence-electron chi connectivity index (χ3n) is 5.57. The second-order valence-corrected chi connectivity index (χ2v) is 6.77. The van der Waals surface area contributed by atoms with E-state index >= 15 is 0 Å².